The van der Waals surface area contributed by atoms with Crippen molar-refractivity contribution in [1.82, 2.24) is 9.62 Å². The molecule has 1 N–H and O–H groups in total. The number of nitrogens with one attached hydrogen (secondary N) is 1. The SMILES string of the molecule is CCCCN(C)S(=O)(=O)c1ccc(Cl)c(CNC)c1Cl. The third-order valence-electron chi connectivity index (χ3n) is 3.02. The van der Waals surface area contributed by atoms with E-state index < -0.39 is 10.0 Å². The van der Waals surface area contributed by atoms with Gasteiger partial charge in [0.05, 0.1) is 5.02 Å². The number of sulfonamides is 1. The smallest absolute Gasteiger partial charge is 0.244 e. The van der Waals surface area contributed by atoms with Crippen molar-refractivity contribution < 1.29 is 8.42 Å². The highest BCUT2D eigenvalue weighted by Gasteiger charge is 2.25. The Labute approximate surface area is 131 Å². The second kappa shape index (κ2) is 7.61. The van der Waals surface area contributed by atoms with Crippen LogP contribution in [-0.2, 0) is 16.6 Å². The van der Waals surface area contributed by atoms with Gasteiger partial charge >= 0.3 is 0 Å². The molecular formula is C13H20Cl2N2O2S. The minimum atomic E-state index is -3.58. The normalized spacial score (nSPS) is 12.1. The summed E-state index contributed by atoms with van der Waals surface area (Å²) in [6.45, 7) is 2.90. The maximum absolute atomic E-state index is 12.5. The number of hydrogen-bond donors (Lipinski definition) is 1. The van der Waals surface area contributed by atoms with Crippen LogP contribution in [0.3, 0.4) is 0 Å². The quantitative estimate of drug-likeness (QED) is 0.830. The van der Waals surface area contributed by atoms with E-state index in [1.165, 1.54) is 10.4 Å². The number of unbranched alkanes of at least 4 members (excludes halogenated alkanes) is 1. The molecule has 0 aliphatic carbocycles. The standard InChI is InChI=1S/C13H20Cl2N2O2S/c1-4-5-8-17(3)20(18,19)12-7-6-11(14)10(9-16-2)13(12)15/h6-7,16H,4-5,8-9H2,1-3H3. The van der Waals surface area contributed by atoms with Crippen LogP contribution in [0.5, 0.6) is 0 Å². The first-order valence-corrected chi connectivity index (χ1v) is 8.63. The zero-order valence-corrected chi connectivity index (χ0v) is 14.2. The molecule has 4 nitrogen and oxygen atoms in total. The van der Waals surface area contributed by atoms with Crippen LogP contribution >= 0.6 is 23.2 Å². The number of halogens is 2. The Bertz CT molecular complexity index is 562. The van der Waals surface area contributed by atoms with Gasteiger partial charge in [0, 0.05) is 30.7 Å². The number of hydrogen-bond acceptors (Lipinski definition) is 3. The lowest BCUT2D eigenvalue weighted by Gasteiger charge is -2.19. The Morgan fingerprint density at radius 2 is 1.95 bits per heavy atom. The monoisotopic (exact) mass is 338 g/mol. The van der Waals surface area contributed by atoms with E-state index in [0.29, 0.717) is 23.7 Å². The van der Waals surface area contributed by atoms with Crippen molar-refractivity contribution in [3.05, 3.63) is 27.7 Å². The molecule has 20 heavy (non-hydrogen) atoms. The molecule has 0 saturated heterocycles. The van der Waals surface area contributed by atoms with Crippen LogP contribution < -0.4 is 5.32 Å². The third-order valence-corrected chi connectivity index (χ3v) is 5.82. The molecule has 1 aromatic carbocycles. The Balaban J connectivity index is 3.22. The molecule has 0 aliphatic heterocycles. The molecule has 1 aromatic rings. The molecule has 0 aromatic heterocycles. The van der Waals surface area contributed by atoms with E-state index in [1.54, 1.807) is 20.2 Å². The molecule has 0 saturated carbocycles. The molecule has 0 radical (unpaired) electrons. The van der Waals surface area contributed by atoms with Crippen molar-refractivity contribution in [1.29, 1.82) is 0 Å². The van der Waals surface area contributed by atoms with Gasteiger partial charge in [0.2, 0.25) is 10.0 Å². The minimum Gasteiger partial charge on any atom is -0.316 e. The topological polar surface area (TPSA) is 49.4 Å². The Morgan fingerprint density at radius 1 is 1.30 bits per heavy atom. The Hall–Kier alpha value is -0.330. The van der Waals surface area contributed by atoms with Crippen LogP contribution in [0.2, 0.25) is 10.0 Å². The van der Waals surface area contributed by atoms with Gasteiger partial charge in [-0.2, -0.15) is 0 Å². The van der Waals surface area contributed by atoms with Gasteiger partial charge in [0.25, 0.3) is 0 Å². The molecule has 114 valence electrons. The summed E-state index contributed by atoms with van der Waals surface area (Å²) in [6, 6.07) is 3.03. The van der Waals surface area contributed by atoms with Gasteiger partial charge < -0.3 is 5.32 Å². The van der Waals surface area contributed by atoms with Crippen LogP contribution in [0, 0.1) is 0 Å². The zero-order valence-electron chi connectivity index (χ0n) is 11.9. The van der Waals surface area contributed by atoms with Gasteiger partial charge in [-0.15, -0.1) is 0 Å². The molecule has 7 heteroatoms. The van der Waals surface area contributed by atoms with Crippen molar-refractivity contribution in [2.75, 3.05) is 20.6 Å². The third kappa shape index (κ3) is 3.86. The van der Waals surface area contributed by atoms with Crippen molar-refractivity contribution in [3.63, 3.8) is 0 Å². The second-order valence-electron chi connectivity index (χ2n) is 4.55. The molecule has 0 spiro atoms. The van der Waals surface area contributed by atoms with Gasteiger partial charge in [-0.05, 0) is 25.6 Å². The van der Waals surface area contributed by atoms with Crippen molar-refractivity contribution in [3.8, 4) is 0 Å². The number of nitrogens with zero attached hydrogens (tertiary/aromatic N) is 1. The van der Waals surface area contributed by atoms with Gasteiger partial charge in [-0.1, -0.05) is 36.5 Å². The molecule has 1 rings (SSSR count). The fraction of sp³-hybridized carbons (Fsp3) is 0.538. The fourth-order valence-corrected chi connectivity index (χ4v) is 3.87. The van der Waals surface area contributed by atoms with Crippen LogP contribution in [0.15, 0.2) is 17.0 Å². The van der Waals surface area contributed by atoms with Crippen molar-refractivity contribution in [2.24, 2.45) is 0 Å². The summed E-state index contributed by atoms with van der Waals surface area (Å²) in [6.07, 6.45) is 1.74. The fourth-order valence-electron chi connectivity index (χ4n) is 1.78. The highest BCUT2D eigenvalue weighted by atomic mass is 35.5. The van der Waals surface area contributed by atoms with Crippen molar-refractivity contribution >= 4 is 33.2 Å². The lowest BCUT2D eigenvalue weighted by Crippen LogP contribution is -2.28. The van der Waals surface area contributed by atoms with Crippen molar-refractivity contribution in [2.45, 2.75) is 31.2 Å². The molecule has 0 amide bonds. The number of rotatable bonds is 7. The first-order chi connectivity index (χ1) is 9.36. The maximum Gasteiger partial charge on any atom is 0.244 e. The molecule has 0 heterocycles. The molecule has 0 bridgehead atoms. The van der Waals surface area contributed by atoms with E-state index in [-0.39, 0.29) is 9.92 Å². The van der Waals surface area contributed by atoms with Gasteiger partial charge in [0.1, 0.15) is 4.90 Å². The molecular weight excluding hydrogens is 319 g/mol. The van der Waals surface area contributed by atoms with Crippen LogP contribution in [0.1, 0.15) is 25.3 Å². The molecule has 0 atom stereocenters. The average molecular weight is 339 g/mol. The maximum atomic E-state index is 12.5. The van der Waals surface area contributed by atoms with E-state index in [9.17, 15) is 8.42 Å². The lowest BCUT2D eigenvalue weighted by atomic mass is 10.2. The lowest BCUT2D eigenvalue weighted by molar-refractivity contribution is 0.459. The minimum absolute atomic E-state index is 0.104. The highest BCUT2D eigenvalue weighted by Crippen LogP contribution is 2.32. The van der Waals surface area contributed by atoms with Gasteiger partial charge in [-0.25, -0.2) is 12.7 Å². The van der Waals surface area contributed by atoms with E-state index in [0.717, 1.165) is 12.8 Å². The van der Waals surface area contributed by atoms with Crippen LogP contribution in [-0.4, -0.2) is 33.4 Å². The largest absolute Gasteiger partial charge is 0.316 e. The summed E-state index contributed by atoms with van der Waals surface area (Å²) in [7, 11) is -0.270. The zero-order chi connectivity index (χ0) is 15.3. The van der Waals surface area contributed by atoms with E-state index >= 15 is 0 Å². The first-order valence-electron chi connectivity index (χ1n) is 6.44. The Morgan fingerprint density at radius 3 is 2.50 bits per heavy atom. The Kier molecular flexibility index (Phi) is 6.75. The summed E-state index contributed by atoms with van der Waals surface area (Å²) in [5, 5.41) is 3.58. The van der Waals surface area contributed by atoms with Gasteiger partial charge in [-0.3, -0.25) is 0 Å². The number of benzene rings is 1. The first kappa shape index (κ1) is 17.7. The predicted octanol–water partition coefficient (Wildman–Crippen LogP) is 3.13. The van der Waals surface area contributed by atoms with Gasteiger partial charge in [0.15, 0.2) is 0 Å². The second-order valence-corrected chi connectivity index (χ2v) is 7.35. The van der Waals surface area contributed by atoms with Crippen LogP contribution in [0.4, 0.5) is 0 Å². The van der Waals surface area contributed by atoms with E-state index in [1.807, 2.05) is 6.92 Å². The van der Waals surface area contributed by atoms with E-state index in [2.05, 4.69) is 5.32 Å². The summed E-state index contributed by atoms with van der Waals surface area (Å²) in [4.78, 5) is 0.104. The predicted molar refractivity (Wildman–Crippen MR) is 83.9 cm³/mol. The average Bonchev–Trinajstić information content (AvgIpc) is 2.40. The summed E-state index contributed by atoms with van der Waals surface area (Å²) < 4.78 is 26.3. The summed E-state index contributed by atoms with van der Waals surface area (Å²) in [5.74, 6) is 0. The molecule has 0 unspecified atom stereocenters. The molecule has 0 fully saturated rings. The van der Waals surface area contributed by atoms with E-state index in [4.69, 9.17) is 23.2 Å². The molecule has 0 aliphatic rings. The van der Waals surface area contributed by atoms with Crippen LogP contribution in [0.25, 0.3) is 0 Å². The summed E-state index contributed by atoms with van der Waals surface area (Å²) in [5.41, 5.74) is 0.598. The highest BCUT2D eigenvalue weighted by molar-refractivity contribution is 7.89. The summed E-state index contributed by atoms with van der Waals surface area (Å²) >= 11 is 12.3.